The molecule has 0 amide bonds. The zero-order valence-corrected chi connectivity index (χ0v) is 15.7. The van der Waals surface area contributed by atoms with Crippen molar-refractivity contribution in [2.45, 2.75) is 25.5 Å². The molecule has 2 heterocycles. The van der Waals surface area contributed by atoms with E-state index in [0.29, 0.717) is 18.1 Å². The molecule has 0 radical (unpaired) electrons. The number of hydrogen-bond donors (Lipinski definition) is 1. The maximum absolute atomic E-state index is 10.5. The number of rotatable bonds is 6. The molecule has 0 aromatic heterocycles. The molecule has 27 heavy (non-hydrogen) atoms. The topological polar surface area (TPSA) is 60.4 Å². The number of ether oxygens (including phenoxy) is 4. The molecule has 0 saturated carbocycles. The summed E-state index contributed by atoms with van der Waals surface area (Å²) in [5.41, 5.74) is 1.91. The Labute approximate surface area is 159 Å². The van der Waals surface area contributed by atoms with Crippen molar-refractivity contribution in [3.05, 3.63) is 47.5 Å². The lowest BCUT2D eigenvalue weighted by molar-refractivity contribution is -0.00492. The van der Waals surface area contributed by atoms with E-state index >= 15 is 0 Å². The van der Waals surface area contributed by atoms with Gasteiger partial charge in [-0.25, -0.2) is 0 Å². The summed E-state index contributed by atoms with van der Waals surface area (Å²) in [5.74, 6) is 2.51. The molecule has 1 N–H and O–H groups in total. The van der Waals surface area contributed by atoms with Crippen LogP contribution < -0.4 is 14.2 Å². The Balaban J connectivity index is 1.74. The van der Waals surface area contributed by atoms with Gasteiger partial charge in [-0.3, -0.25) is 4.90 Å². The van der Waals surface area contributed by atoms with E-state index in [-0.39, 0.29) is 18.9 Å². The molecular formula is C21H25NO5. The van der Waals surface area contributed by atoms with Gasteiger partial charge in [0.1, 0.15) is 11.5 Å². The number of aromatic hydroxyl groups is 1. The highest BCUT2D eigenvalue weighted by molar-refractivity contribution is 5.56. The van der Waals surface area contributed by atoms with E-state index < -0.39 is 0 Å². The molecule has 0 saturated heterocycles. The number of fused-ring (bicyclic) bond motifs is 2. The van der Waals surface area contributed by atoms with Crippen LogP contribution in [0.5, 0.6) is 23.0 Å². The molecule has 0 fully saturated rings. The molecule has 2 aliphatic rings. The van der Waals surface area contributed by atoms with E-state index in [4.69, 9.17) is 18.9 Å². The van der Waals surface area contributed by atoms with E-state index in [9.17, 15) is 5.11 Å². The van der Waals surface area contributed by atoms with Crippen molar-refractivity contribution >= 4 is 0 Å². The number of methoxy groups -OCH3 is 1. The molecule has 0 spiro atoms. The van der Waals surface area contributed by atoms with Crippen molar-refractivity contribution in [2.75, 3.05) is 33.6 Å². The second-order valence-electron chi connectivity index (χ2n) is 6.78. The van der Waals surface area contributed by atoms with Crippen molar-refractivity contribution in [3.63, 3.8) is 0 Å². The molecule has 6 nitrogen and oxygen atoms in total. The highest BCUT2D eigenvalue weighted by Crippen LogP contribution is 2.48. The minimum Gasteiger partial charge on any atom is -0.508 e. The number of hydrogen-bond acceptors (Lipinski definition) is 6. The predicted octanol–water partition coefficient (Wildman–Crippen LogP) is 3.33. The fraction of sp³-hybridized carbons (Fsp3) is 0.429. The number of likely N-dealkylation sites (N-methyl/N-ethyl adjacent to an activating group) is 1. The zero-order chi connectivity index (χ0) is 18.8. The summed E-state index contributed by atoms with van der Waals surface area (Å²) in [6, 6.07) is 11.4. The van der Waals surface area contributed by atoms with Crippen LogP contribution in [0.2, 0.25) is 0 Å². The van der Waals surface area contributed by atoms with E-state index in [1.807, 2.05) is 30.3 Å². The van der Waals surface area contributed by atoms with Crippen LogP contribution in [-0.4, -0.2) is 49.8 Å². The summed E-state index contributed by atoms with van der Waals surface area (Å²) in [4.78, 5) is 2.25. The first-order chi connectivity index (χ1) is 13.2. The molecule has 2 unspecified atom stereocenters. The SMILES string of the molecule is CCN(CCOC)C1CC(c2ccccc2O)c2cc3c(cc2O1)OCO3. The van der Waals surface area contributed by atoms with Crippen LogP contribution >= 0.6 is 0 Å². The Morgan fingerprint density at radius 3 is 2.63 bits per heavy atom. The molecule has 2 aliphatic heterocycles. The molecule has 6 heteroatoms. The average molecular weight is 371 g/mol. The average Bonchev–Trinajstić information content (AvgIpc) is 3.14. The van der Waals surface area contributed by atoms with Gasteiger partial charge < -0.3 is 24.1 Å². The predicted molar refractivity (Wildman–Crippen MR) is 101 cm³/mol. The first-order valence-electron chi connectivity index (χ1n) is 9.32. The molecular weight excluding hydrogens is 346 g/mol. The van der Waals surface area contributed by atoms with E-state index in [1.54, 1.807) is 13.2 Å². The van der Waals surface area contributed by atoms with Crippen LogP contribution in [0.25, 0.3) is 0 Å². The smallest absolute Gasteiger partial charge is 0.231 e. The lowest BCUT2D eigenvalue weighted by Gasteiger charge is -2.38. The first-order valence-corrected chi connectivity index (χ1v) is 9.32. The molecule has 2 aromatic rings. The van der Waals surface area contributed by atoms with Crippen LogP contribution in [0.15, 0.2) is 36.4 Å². The number of phenolic OH excluding ortho intramolecular Hbond substituents is 1. The summed E-state index contributed by atoms with van der Waals surface area (Å²) >= 11 is 0. The minimum absolute atomic E-state index is 0.00560. The lowest BCUT2D eigenvalue weighted by Crippen LogP contribution is -2.44. The van der Waals surface area contributed by atoms with Crippen LogP contribution in [0.4, 0.5) is 0 Å². The van der Waals surface area contributed by atoms with Crippen LogP contribution in [-0.2, 0) is 4.74 Å². The second kappa shape index (κ2) is 7.66. The normalized spacial score (nSPS) is 20.4. The third-order valence-corrected chi connectivity index (χ3v) is 5.29. The summed E-state index contributed by atoms with van der Waals surface area (Å²) in [5, 5.41) is 10.5. The molecule has 144 valence electrons. The van der Waals surface area contributed by atoms with E-state index in [1.165, 1.54) is 0 Å². The molecule has 2 atom stereocenters. The van der Waals surface area contributed by atoms with Crippen LogP contribution in [0, 0.1) is 0 Å². The van der Waals surface area contributed by atoms with Crippen molar-refractivity contribution in [1.29, 1.82) is 0 Å². The van der Waals surface area contributed by atoms with Gasteiger partial charge in [-0.1, -0.05) is 25.1 Å². The van der Waals surface area contributed by atoms with Crippen molar-refractivity contribution in [1.82, 2.24) is 4.90 Å². The maximum Gasteiger partial charge on any atom is 0.231 e. The summed E-state index contributed by atoms with van der Waals surface area (Å²) in [6.45, 7) is 4.61. The minimum atomic E-state index is -0.109. The van der Waals surface area contributed by atoms with Crippen LogP contribution in [0.3, 0.4) is 0 Å². The Morgan fingerprint density at radius 2 is 1.89 bits per heavy atom. The standard InChI is InChI=1S/C21H25NO5/c1-3-22(8-9-24-2)21-11-15(14-6-4-5-7-17(14)23)16-10-19-20(26-13-25-19)12-18(16)27-21/h4-7,10,12,15,21,23H,3,8-9,11,13H2,1-2H3. The fourth-order valence-electron chi connectivity index (χ4n) is 3.85. The summed E-state index contributed by atoms with van der Waals surface area (Å²) in [6.07, 6.45) is 0.629. The summed E-state index contributed by atoms with van der Waals surface area (Å²) < 4.78 is 22.7. The third-order valence-electron chi connectivity index (χ3n) is 5.29. The quantitative estimate of drug-likeness (QED) is 0.841. The molecule has 4 rings (SSSR count). The number of nitrogens with zero attached hydrogens (tertiary/aromatic N) is 1. The lowest BCUT2D eigenvalue weighted by atomic mass is 9.84. The van der Waals surface area contributed by atoms with Crippen molar-refractivity contribution in [3.8, 4) is 23.0 Å². The van der Waals surface area contributed by atoms with Gasteiger partial charge >= 0.3 is 0 Å². The third kappa shape index (κ3) is 3.42. The number of phenols is 1. The first kappa shape index (κ1) is 17.9. The maximum atomic E-state index is 10.5. The second-order valence-corrected chi connectivity index (χ2v) is 6.78. The van der Waals surface area contributed by atoms with Crippen molar-refractivity contribution < 1.29 is 24.1 Å². The van der Waals surface area contributed by atoms with Gasteiger partial charge in [0.25, 0.3) is 0 Å². The van der Waals surface area contributed by atoms with Gasteiger partial charge in [-0.2, -0.15) is 0 Å². The van der Waals surface area contributed by atoms with Gasteiger partial charge in [0.2, 0.25) is 6.79 Å². The van der Waals surface area contributed by atoms with Gasteiger partial charge in [0, 0.05) is 43.2 Å². The fourth-order valence-corrected chi connectivity index (χ4v) is 3.85. The Bertz CT molecular complexity index is 809. The highest BCUT2D eigenvalue weighted by atomic mass is 16.7. The van der Waals surface area contributed by atoms with E-state index in [2.05, 4.69) is 11.8 Å². The molecule has 0 aliphatic carbocycles. The zero-order valence-electron chi connectivity index (χ0n) is 15.7. The largest absolute Gasteiger partial charge is 0.508 e. The summed E-state index contributed by atoms with van der Waals surface area (Å²) in [7, 11) is 1.70. The van der Waals surface area contributed by atoms with Gasteiger partial charge in [-0.05, 0) is 18.7 Å². The van der Waals surface area contributed by atoms with Gasteiger partial charge in [0.15, 0.2) is 17.7 Å². The highest BCUT2D eigenvalue weighted by Gasteiger charge is 2.35. The Morgan fingerprint density at radius 1 is 1.11 bits per heavy atom. The number of benzene rings is 2. The Hall–Kier alpha value is -2.44. The van der Waals surface area contributed by atoms with E-state index in [0.717, 1.165) is 42.1 Å². The van der Waals surface area contributed by atoms with Crippen LogP contribution in [0.1, 0.15) is 30.4 Å². The van der Waals surface area contributed by atoms with Gasteiger partial charge in [-0.15, -0.1) is 0 Å². The monoisotopic (exact) mass is 371 g/mol. The number of para-hydroxylation sites is 1. The molecule has 2 aromatic carbocycles. The van der Waals surface area contributed by atoms with Crippen molar-refractivity contribution in [2.24, 2.45) is 0 Å². The Kier molecular flexibility index (Phi) is 5.09. The molecule has 0 bridgehead atoms. The van der Waals surface area contributed by atoms with Gasteiger partial charge in [0.05, 0.1) is 6.61 Å².